The van der Waals surface area contributed by atoms with Crippen LogP contribution in [0.5, 0.6) is 0 Å². The molecule has 0 aliphatic carbocycles. The molecule has 1 unspecified atom stereocenters. The zero-order valence-electron chi connectivity index (χ0n) is 11.2. The Balaban J connectivity index is 2.27. The minimum atomic E-state index is -0.0324. The van der Waals surface area contributed by atoms with Gasteiger partial charge in [0.25, 0.3) is 0 Å². The van der Waals surface area contributed by atoms with E-state index in [0.717, 1.165) is 17.6 Å². The number of amidine groups is 1. The van der Waals surface area contributed by atoms with Crippen LogP contribution in [-0.4, -0.2) is 34.1 Å². The van der Waals surface area contributed by atoms with Crippen LogP contribution in [0.1, 0.15) is 13.8 Å². The molecule has 1 aromatic heterocycles. The van der Waals surface area contributed by atoms with E-state index in [9.17, 15) is 0 Å². The first kappa shape index (κ1) is 13.2. The lowest BCUT2D eigenvalue weighted by atomic mass is 10.1. The van der Waals surface area contributed by atoms with E-state index in [0.29, 0.717) is 12.5 Å². The average Bonchev–Trinajstić information content (AvgIpc) is 2.43. The monoisotopic (exact) mass is 258 g/mol. The number of nitrogens with zero attached hydrogens (tertiary/aromatic N) is 4. The molecule has 1 heterocycles. The van der Waals surface area contributed by atoms with Gasteiger partial charge >= 0.3 is 0 Å². The lowest BCUT2D eigenvalue weighted by Gasteiger charge is -2.23. The number of anilines is 1. The third-order valence-electron chi connectivity index (χ3n) is 3.04. The first-order chi connectivity index (χ1) is 9.11. The molecule has 0 radical (unpaired) electrons. The van der Waals surface area contributed by atoms with E-state index in [-0.39, 0.29) is 11.8 Å². The molecule has 0 aliphatic heterocycles. The molecule has 0 saturated carbocycles. The third kappa shape index (κ3) is 2.96. The second-order valence-electron chi connectivity index (χ2n) is 4.50. The van der Waals surface area contributed by atoms with Crippen LogP contribution in [-0.2, 0) is 0 Å². The highest BCUT2D eigenvalue weighted by molar-refractivity contribution is 5.80. The summed E-state index contributed by atoms with van der Waals surface area (Å²) in [5.41, 5.74) is 7.11. The molecule has 6 nitrogen and oxygen atoms in total. The van der Waals surface area contributed by atoms with Crippen molar-refractivity contribution in [3.05, 3.63) is 24.3 Å². The van der Waals surface area contributed by atoms with E-state index in [1.165, 1.54) is 0 Å². The van der Waals surface area contributed by atoms with Crippen molar-refractivity contribution in [3.8, 4) is 0 Å². The van der Waals surface area contributed by atoms with Crippen molar-refractivity contribution in [2.45, 2.75) is 13.8 Å². The van der Waals surface area contributed by atoms with Crippen LogP contribution in [0.3, 0.4) is 0 Å². The van der Waals surface area contributed by atoms with Crippen LogP contribution in [0.25, 0.3) is 11.0 Å². The number of hydrogen-bond donors (Lipinski definition) is 2. The molecule has 0 saturated heterocycles. The van der Waals surface area contributed by atoms with Crippen LogP contribution in [0.15, 0.2) is 24.3 Å². The predicted octanol–water partition coefficient (Wildman–Crippen LogP) is 1.42. The summed E-state index contributed by atoms with van der Waals surface area (Å²) in [6.07, 6.45) is 0. The second-order valence-corrected chi connectivity index (χ2v) is 4.50. The van der Waals surface area contributed by atoms with Crippen molar-refractivity contribution >= 4 is 22.8 Å². The van der Waals surface area contributed by atoms with Gasteiger partial charge in [-0.2, -0.15) is 0 Å². The number of nitrogens with one attached hydrogen (secondary N) is 1. The van der Waals surface area contributed by atoms with Gasteiger partial charge in [-0.3, -0.25) is 5.41 Å². The molecule has 3 N–H and O–H groups in total. The van der Waals surface area contributed by atoms with E-state index in [2.05, 4.69) is 15.2 Å². The smallest absolute Gasteiger partial charge is 0.245 e. The van der Waals surface area contributed by atoms with Crippen LogP contribution in [0, 0.1) is 11.3 Å². The molecule has 1 atom stereocenters. The van der Waals surface area contributed by atoms with Gasteiger partial charge in [0.1, 0.15) is 5.52 Å². The molecule has 1 aromatic carbocycles. The minimum absolute atomic E-state index is 0.0324. The summed E-state index contributed by atoms with van der Waals surface area (Å²) < 4.78 is 0. The fraction of sp³-hybridized carbons (Fsp3) is 0.385. The Hall–Kier alpha value is -2.24. The number of nitrogens with two attached hydrogens (primary N) is 1. The summed E-state index contributed by atoms with van der Waals surface area (Å²) in [5.74, 6) is 0.719. The molecule has 19 heavy (non-hydrogen) atoms. The molecule has 0 fully saturated rings. The third-order valence-corrected chi connectivity index (χ3v) is 3.04. The molecule has 0 amide bonds. The fourth-order valence-corrected chi connectivity index (χ4v) is 1.79. The van der Waals surface area contributed by atoms with E-state index < -0.39 is 0 Å². The summed E-state index contributed by atoms with van der Waals surface area (Å²) in [7, 11) is 0. The van der Waals surface area contributed by atoms with Gasteiger partial charge in [-0.05, 0) is 19.1 Å². The number of aromatic nitrogens is 3. The van der Waals surface area contributed by atoms with Crippen LogP contribution in [0.4, 0.5) is 5.95 Å². The molecular formula is C13H18N6. The van der Waals surface area contributed by atoms with Gasteiger partial charge in [0, 0.05) is 19.0 Å². The van der Waals surface area contributed by atoms with Gasteiger partial charge in [-0.1, -0.05) is 19.1 Å². The van der Waals surface area contributed by atoms with Gasteiger partial charge in [-0.25, -0.2) is 4.98 Å². The van der Waals surface area contributed by atoms with Gasteiger partial charge in [-0.15, -0.1) is 10.2 Å². The van der Waals surface area contributed by atoms with E-state index >= 15 is 0 Å². The van der Waals surface area contributed by atoms with Gasteiger partial charge in [0.2, 0.25) is 5.95 Å². The topological polar surface area (TPSA) is 91.8 Å². The highest BCUT2D eigenvalue weighted by Crippen LogP contribution is 2.13. The Kier molecular flexibility index (Phi) is 3.89. The van der Waals surface area contributed by atoms with Crippen molar-refractivity contribution in [2.24, 2.45) is 11.7 Å². The van der Waals surface area contributed by atoms with Crippen molar-refractivity contribution < 1.29 is 0 Å². The standard InChI is InChI=1S/C13H18N6/c1-3-19(8-9(2)12(14)15)13-16-10-6-4-5-7-11(10)17-18-13/h4-7,9H,3,8H2,1-2H3,(H3,14,15). The largest absolute Gasteiger partial charge is 0.387 e. The van der Waals surface area contributed by atoms with E-state index in [1.807, 2.05) is 43.0 Å². The zero-order chi connectivity index (χ0) is 13.8. The predicted molar refractivity (Wildman–Crippen MR) is 76.3 cm³/mol. The number of hydrogen-bond acceptors (Lipinski definition) is 5. The molecule has 2 aromatic rings. The first-order valence-electron chi connectivity index (χ1n) is 6.30. The number of fused-ring (bicyclic) bond motifs is 1. The molecule has 2 rings (SSSR count). The number of para-hydroxylation sites is 1. The number of benzene rings is 1. The molecule has 0 spiro atoms. The Morgan fingerprint density at radius 3 is 2.63 bits per heavy atom. The second kappa shape index (κ2) is 5.60. The van der Waals surface area contributed by atoms with Crippen LogP contribution >= 0.6 is 0 Å². The maximum atomic E-state index is 7.46. The number of rotatable bonds is 5. The summed E-state index contributed by atoms with van der Waals surface area (Å²) in [6.45, 7) is 5.30. The van der Waals surface area contributed by atoms with Crippen LogP contribution < -0.4 is 10.6 Å². The minimum Gasteiger partial charge on any atom is -0.387 e. The van der Waals surface area contributed by atoms with Crippen molar-refractivity contribution in [2.75, 3.05) is 18.0 Å². The van der Waals surface area contributed by atoms with Crippen LogP contribution in [0.2, 0.25) is 0 Å². The average molecular weight is 258 g/mol. The highest BCUT2D eigenvalue weighted by atomic mass is 15.3. The lowest BCUT2D eigenvalue weighted by molar-refractivity contribution is 0.677. The zero-order valence-corrected chi connectivity index (χ0v) is 11.2. The maximum Gasteiger partial charge on any atom is 0.245 e. The fourth-order valence-electron chi connectivity index (χ4n) is 1.79. The van der Waals surface area contributed by atoms with Crippen molar-refractivity contribution in [1.82, 2.24) is 15.2 Å². The van der Waals surface area contributed by atoms with Gasteiger partial charge < -0.3 is 10.6 Å². The Bertz CT molecular complexity index is 582. The molecule has 6 heteroatoms. The summed E-state index contributed by atoms with van der Waals surface area (Å²) in [4.78, 5) is 6.48. The lowest BCUT2D eigenvalue weighted by Crippen LogP contribution is -2.35. The highest BCUT2D eigenvalue weighted by Gasteiger charge is 2.14. The molecule has 100 valence electrons. The quantitative estimate of drug-likeness (QED) is 0.625. The van der Waals surface area contributed by atoms with E-state index in [1.54, 1.807) is 0 Å². The SMILES string of the molecule is CCN(CC(C)C(=N)N)c1nnc2ccccc2n1. The maximum absolute atomic E-state index is 7.46. The normalized spacial score (nSPS) is 12.3. The van der Waals surface area contributed by atoms with Crippen molar-refractivity contribution in [1.29, 1.82) is 5.41 Å². The summed E-state index contributed by atoms with van der Waals surface area (Å²) in [6, 6.07) is 7.63. The van der Waals surface area contributed by atoms with Crippen molar-refractivity contribution in [3.63, 3.8) is 0 Å². The summed E-state index contributed by atoms with van der Waals surface area (Å²) in [5, 5.41) is 15.8. The molecular weight excluding hydrogens is 240 g/mol. The first-order valence-corrected chi connectivity index (χ1v) is 6.30. The summed E-state index contributed by atoms with van der Waals surface area (Å²) >= 11 is 0. The Labute approximate surface area is 112 Å². The van der Waals surface area contributed by atoms with E-state index in [4.69, 9.17) is 11.1 Å². The molecule has 0 bridgehead atoms. The molecule has 0 aliphatic rings. The van der Waals surface area contributed by atoms with Gasteiger partial charge in [0.05, 0.1) is 11.4 Å². The van der Waals surface area contributed by atoms with Gasteiger partial charge in [0.15, 0.2) is 0 Å². The Morgan fingerprint density at radius 2 is 2.00 bits per heavy atom. The Morgan fingerprint density at radius 1 is 1.32 bits per heavy atom.